The standard InChI is InChI=1S/C25H25N3O6/c1-3-34-23-15-19(21(28(31)32)16-22(23)33-2)25(30)27-20-12-8-7-11-18(20)24(29)26-14-13-17-9-5-4-6-10-17/h4-12,15-16H,3,13-14H2,1-2H3,(H,26,29)(H,27,30). The zero-order valence-electron chi connectivity index (χ0n) is 18.9. The summed E-state index contributed by atoms with van der Waals surface area (Å²) in [6, 6.07) is 18.6. The number of nitrogens with zero attached hydrogens (tertiary/aromatic N) is 1. The van der Waals surface area contributed by atoms with Crippen LogP contribution in [-0.4, -0.2) is 37.0 Å². The topological polar surface area (TPSA) is 120 Å². The number of nitrogens with one attached hydrogen (secondary N) is 2. The number of nitro groups is 1. The lowest BCUT2D eigenvalue weighted by atomic mass is 10.1. The predicted octanol–water partition coefficient (Wildman–Crippen LogP) is 4.23. The summed E-state index contributed by atoms with van der Waals surface area (Å²) in [5.41, 5.74) is 0.898. The number of amides is 2. The van der Waals surface area contributed by atoms with Gasteiger partial charge in [0.1, 0.15) is 5.56 Å². The summed E-state index contributed by atoms with van der Waals surface area (Å²) < 4.78 is 10.6. The quantitative estimate of drug-likeness (QED) is 0.343. The van der Waals surface area contributed by atoms with Crippen molar-refractivity contribution in [3.8, 4) is 11.5 Å². The Balaban J connectivity index is 1.81. The minimum absolute atomic E-state index is 0.142. The van der Waals surface area contributed by atoms with Gasteiger partial charge in [0.05, 0.1) is 36.0 Å². The smallest absolute Gasteiger partial charge is 0.286 e. The Kier molecular flexibility index (Phi) is 8.17. The fraction of sp³-hybridized carbons (Fsp3) is 0.200. The largest absolute Gasteiger partial charge is 0.493 e. The van der Waals surface area contributed by atoms with E-state index >= 15 is 0 Å². The van der Waals surface area contributed by atoms with E-state index in [0.29, 0.717) is 13.0 Å². The van der Waals surface area contributed by atoms with Gasteiger partial charge in [-0.1, -0.05) is 42.5 Å². The van der Waals surface area contributed by atoms with E-state index in [2.05, 4.69) is 10.6 Å². The van der Waals surface area contributed by atoms with Crippen LogP contribution < -0.4 is 20.1 Å². The first-order chi connectivity index (χ1) is 16.4. The first kappa shape index (κ1) is 24.2. The van der Waals surface area contributed by atoms with Crippen LogP contribution in [0.4, 0.5) is 11.4 Å². The van der Waals surface area contributed by atoms with Gasteiger partial charge in [0, 0.05) is 12.6 Å². The summed E-state index contributed by atoms with van der Waals surface area (Å²) >= 11 is 0. The molecule has 0 aliphatic heterocycles. The Morgan fingerprint density at radius 1 is 0.941 bits per heavy atom. The Hall–Kier alpha value is -4.40. The Bertz CT molecular complexity index is 1180. The zero-order valence-corrected chi connectivity index (χ0v) is 18.9. The van der Waals surface area contributed by atoms with Gasteiger partial charge in [-0.25, -0.2) is 0 Å². The fourth-order valence-corrected chi connectivity index (χ4v) is 3.35. The molecule has 0 aromatic heterocycles. The second kappa shape index (κ2) is 11.5. The number of benzene rings is 3. The maximum Gasteiger partial charge on any atom is 0.286 e. The van der Waals surface area contributed by atoms with Crippen molar-refractivity contribution in [2.24, 2.45) is 0 Å². The Morgan fingerprint density at radius 3 is 2.32 bits per heavy atom. The molecule has 0 atom stereocenters. The van der Waals surface area contributed by atoms with Crippen molar-refractivity contribution >= 4 is 23.2 Å². The van der Waals surface area contributed by atoms with Gasteiger partial charge in [0.25, 0.3) is 17.5 Å². The molecule has 0 radical (unpaired) electrons. The Morgan fingerprint density at radius 2 is 1.65 bits per heavy atom. The van der Waals surface area contributed by atoms with Gasteiger partial charge in [-0.15, -0.1) is 0 Å². The number of carbonyl (C=O) groups is 2. The van der Waals surface area contributed by atoms with Gasteiger partial charge in [-0.3, -0.25) is 19.7 Å². The van der Waals surface area contributed by atoms with Crippen LogP contribution in [0.2, 0.25) is 0 Å². The molecule has 3 aromatic rings. The first-order valence-electron chi connectivity index (χ1n) is 10.7. The van der Waals surface area contributed by atoms with E-state index in [1.165, 1.54) is 13.2 Å². The SMILES string of the molecule is CCOc1cc(C(=O)Nc2ccccc2C(=O)NCCc2ccccc2)c([N+](=O)[O-])cc1OC. The van der Waals surface area contributed by atoms with E-state index < -0.39 is 16.5 Å². The number of anilines is 1. The molecule has 34 heavy (non-hydrogen) atoms. The third-order valence-corrected chi connectivity index (χ3v) is 4.99. The fourth-order valence-electron chi connectivity index (χ4n) is 3.35. The van der Waals surface area contributed by atoms with Crippen LogP contribution in [0, 0.1) is 10.1 Å². The minimum atomic E-state index is -0.750. The van der Waals surface area contributed by atoms with E-state index in [9.17, 15) is 19.7 Å². The first-order valence-corrected chi connectivity index (χ1v) is 10.7. The molecule has 2 amide bonds. The van der Waals surface area contributed by atoms with Crippen LogP contribution in [0.1, 0.15) is 33.2 Å². The molecular weight excluding hydrogens is 438 g/mol. The third kappa shape index (κ3) is 5.89. The molecule has 0 heterocycles. The summed E-state index contributed by atoms with van der Waals surface area (Å²) in [7, 11) is 1.36. The second-order valence-electron chi connectivity index (χ2n) is 7.20. The lowest BCUT2D eigenvalue weighted by Crippen LogP contribution is -2.27. The molecule has 0 spiro atoms. The van der Waals surface area contributed by atoms with Gasteiger partial charge in [-0.2, -0.15) is 0 Å². The molecule has 176 valence electrons. The number of nitro benzene ring substituents is 1. The van der Waals surface area contributed by atoms with E-state index in [4.69, 9.17) is 9.47 Å². The van der Waals surface area contributed by atoms with Crippen molar-refractivity contribution in [1.29, 1.82) is 0 Å². The van der Waals surface area contributed by atoms with Gasteiger partial charge >= 0.3 is 0 Å². The molecule has 2 N–H and O–H groups in total. The van der Waals surface area contributed by atoms with E-state index in [1.54, 1.807) is 31.2 Å². The zero-order chi connectivity index (χ0) is 24.5. The monoisotopic (exact) mass is 463 g/mol. The van der Waals surface area contributed by atoms with Gasteiger partial charge in [0.2, 0.25) is 0 Å². The molecule has 3 rings (SSSR count). The number of para-hydroxylation sites is 1. The third-order valence-electron chi connectivity index (χ3n) is 4.99. The molecule has 3 aromatic carbocycles. The molecule has 0 bridgehead atoms. The highest BCUT2D eigenvalue weighted by Gasteiger charge is 2.25. The van der Waals surface area contributed by atoms with Gasteiger partial charge in [-0.05, 0) is 31.0 Å². The number of hydrogen-bond donors (Lipinski definition) is 2. The highest BCUT2D eigenvalue weighted by atomic mass is 16.6. The maximum absolute atomic E-state index is 13.0. The van der Waals surface area contributed by atoms with Crippen LogP contribution >= 0.6 is 0 Å². The van der Waals surface area contributed by atoms with E-state index in [1.807, 2.05) is 30.3 Å². The molecule has 9 nitrogen and oxygen atoms in total. The van der Waals surface area contributed by atoms with Crippen molar-refractivity contribution in [3.63, 3.8) is 0 Å². The van der Waals surface area contributed by atoms with Crippen LogP contribution in [-0.2, 0) is 6.42 Å². The van der Waals surface area contributed by atoms with Crippen LogP contribution in [0.25, 0.3) is 0 Å². The number of hydrogen-bond acceptors (Lipinski definition) is 6. The predicted molar refractivity (Wildman–Crippen MR) is 128 cm³/mol. The molecule has 0 fully saturated rings. The van der Waals surface area contributed by atoms with Gasteiger partial charge < -0.3 is 20.1 Å². The average Bonchev–Trinajstić information content (AvgIpc) is 2.84. The number of ether oxygens (including phenoxy) is 2. The average molecular weight is 463 g/mol. The van der Waals surface area contributed by atoms with Crippen molar-refractivity contribution in [3.05, 3.63) is 93.5 Å². The van der Waals surface area contributed by atoms with Crippen molar-refractivity contribution < 1.29 is 24.0 Å². The summed E-state index contributed by atoms with van der Waals surface area (Å²) in [5, 5.41) is 17.0. The molecule has 0 saturated carbocycles. The van der Waals surface area contributed by atoms with Crippen LogP contribution in [0.5, 0.6) is 11.5 Å². The van der Waals surface area contributed by atoms with Crippen molar-refractivity contribution in [1.82, 2.24) is 5.32 Å². The number of rotatable bonds is 10. The van der Waals surface area contributed by atoms with Crippen LogP contribution in [0.15, 0.2) is 66.7 Å². The normalized spacial score (nSPS) is 10.3. The second-order valence-corrected chi connectivity index (χ2v) is 7.20. The summed E-state index contributed by atoms with van der Waals surface area (Å²) in [6.07, 6.45) is 0.652. The highest BCUT2D eigenvalue weighted by Crippen LogP contribution is 2.35. The molecule has 0 saturated heterocycles. The molecule has 0 aliphatic rings. The number of carbonyl (C=O) groups excluding carboxylic acids is 2. The maximum atomic E-state index is 13.0. The minimum Gasteiger partial charge on any atom is -0.493 e. The van der Waals surface area contributed by atoms with Crippen molar-refractivity contribution in [2.75, 3.05) is 25.6 Å². The van der Waals surface area contributed by atoms with Crippen molar-refractivity contribution in [2.45, 2.75) is 13.3 Å². The van der Waals surface area contributed by atoms with Gasteiger partial charge in [0.15, 0.2) is 11.5 Å². The lowest BCUT2D eigenvalue weighted by molar-refractivity contribution is -0.385. The van der Waals surface area contributed by atoms with Crippen LogP contribution in [0.3, 0.4) is 0 Å². The van der Waals surface area contributed by atoms with E-state index in [0.717, 1.165) is 11.6 Å². The molecular formula is C25H25N3O6. The summed E-state index contributed by atoms with van der Waals surface area (Å²) in [4.78, 5) is 36.7. The lowest BCUT2D eigenvalue weighted by Gasteiger charge is -2.14. The summed E-state index contributed by atoms with van der Waals surface area (Å²) in [6.45, 7) is 2.43. The van der Waals surface area contributed by atoms with E-state index in [-0.39, 0.29) is 40.8 Å². The highest BCUT2D eigenvalue weighted by molar-refractivity contribution is 6.11. The molecule has 0 aliphatic carbocycles. The Labute approximate surface area is 196 Å². The summed E-state index contributed by atoms with van der Waals surface area (Å²) in [5.74, 6) is -0.776. The molecule has 9 heteroatoms. The number of methoxy groups -OCH3 is 1. The molecule has 0 unspecified atom stereocenters.